The summed E-state index contributed by atoms with van der Waals surface area (Å²) in [6.45, 7) is 4.59. The second-order valence-corrected chi connectivity index (χ2v) is 5.23. The molecule has 116 valence electrons. The summed E-state index contributed by atoms with van der Waals surface area (Å²) in [7, 11) is 0. The van der Waals surface area contributed by atoms with Crippen LogP contribution in [0.2, 0.25) is 0 Å². The fourth-order valence-corrected chi connectivity index (χ4v) is 2.05. The van der Waals surface area contributed by atoms with Gasteiger partial charge in [-0.05, 0) is 37.0 Å². The van der Waals surface area contributed by atoms with Crippen LogP contribution in [0.4, 0.5) is 0 Å². The maximum absolute atomic E-state index is 11.7. The highest BCUT2D eigenvalue weighted by atomic mass is 16.5. The summed E-state index contributed by atoms with van der Waals surface area (Å²) in [6.07, 6.45) is 7.90. The Kier molecular flexibility index (Phi) is 6.07. The van der Waals surface area contributed by atoms with Gasteiger partial charge < -0.3 is 4.74 Å². The molecular weight excluding hydrogens is 276 g/mol. The van der Waals surface area contributed by atoms with Crippen molar-refractivity contribution in [3.63, 3.8) is 0 Å². The molecule has 0 N–H and O–H groups in total. The zero-order valence-corrected chi connectivity index (χ0v) is 13.2. The first-order valence-corrected chi connectivity index (χ1v) is 7.83. The zero-order chi connectivity index (χ0) is 15.8. The van der Waals surface area contributed by atoms with Crippen LogP contribution in [-0.2, 0) is 11.2 Å². The molecule has 2 rings (SSSR count). The first kappa shape index (κ1) is 16.1. The smallest absolute Gasteiger partial charge is 0.338 e. The van der Waals surface area contributed by atoms with Gasteiger partial charge in [0.15, 0.2) is 5.82 Å². The molecule has 4 heteroatoms. The molecule has 0 spiro atoms. The molecule has 0 aliphatic rings. The highest BCUT2D eigenvalue weighted by Gasteiger charge is 2.08. The predicted octanol–water partition coefficient (Wildman–Crippen LogP) is 4.05. The van der Waals surface area contributed by atoms with Crippen LogP contribution >= 0.6 is 0 Å². The molecule has 4 nitrogen and oxygen atoms in total. The molecule has 0 fully saturated rings. The molecule has 0 atom stereocenters. The van der Waals surface area contributed by atoms with E-state index in [2.05, 4.69) is 16.9 Å². The third kappa shape index (κ3) is 4.38. The quantitative estimate of drug-likeness (QED) is 0.723. The Morgan fingerprint density at radius 1 is 1.05 bits per heavy atom. The zero-order valence-electron chi connectivity index (χ0n) is 13.2. The van der Waals surface area contributed by atoms with Crippen molar-refractivity contribution in [2.24, 2.45) is 0 Å². The number of carbonyl (C=O) groups is 1. The topological polar surface area (TPSA) is 52.1 Å². The van der Waals surface area contributed by atoms with Crippen molar-refractivity contribution in [1.82, 2.24) is 9.97 Å². The predicted molar refractivity (Wildman–Crippen MR) is 86.7 cm³/mol. The number of aromatic nitrogens is 2. The van der Waals surface area contributed by atoms with Gasteiger partial charge in [-0.25, -0.2) is 14.8 Å². The summed E-state index contributed by atoms with van der Waals surface area (Å²) in [4.78, 5) is 20.5. The van der Waals surface area contributed by atoms with Crippen LogP contribution in [0.5, 0.6) is 0 Å². The van der Waals surface area contributed by atoms with Crippen molar-refractivity contribution in [2.45, 2.75) is 39.5 Å². The number of unbranched alkanes of at least 4 members (excludes halogenated alkanes) is 1. The Morgan fingerprint density at radius 3 is 2.32 bits per heavy atom. The Bertz CT molecular complexity index is 591. The highest BCUT2D eigenvalue weighted by molar-refractivity contribution is 5.89. The molecular formula is C18H22N2O2. The summed E-state index contributed by atoms with van der Waals surface area (Å²) in [5, 5.41) is 0. The van der Waals surface area contributed by atoms with Crippen LogP contribution in [0.25, 0.3) is 11.4 Å². The third-order valence-corrected chi connectivity index (χ3v) is 3.34. The number of hydrogen-bond acceptors (Lipinski definition) is 4. The number of carbonyl (C=O) groups excluding carboxylic acids is 1. The number of nitrogens with zero attached hydrogens (tertiary/aromatic N) is 2. The molecule has 0 aliphatic heterocycles. The van der Waals surface area contributed by atoms with Crippen molar-refractivity contribution in [3.05, 3.63) is 47.8 Å². The Hall–Kier alpha value is -2.23. The Labute approximate surface area is 131 Å². The van der Waals surface area contributed by atoms with E-state index in [4.69, 9.17) is 4.74 Å². The number of benzene rings is 1. The molecule has 1 heterocycles. The van der Waals surface area contributed by atoms with E-state index in [1.54, 1.807) is 12.1 Å². The number of ether oxygens (including phenoxy) is 1. The van der Waals surface area contributed by atoms with E-state index in [1.165, 1.54) is 0 Å². The minimum atomic E-state index is -0.288. The fraction of sp³-hybridized carbons (Fsp3) is 0.389. The molecule has 1 aromatic heterocycles. The van der Waals surface area contributed by atoms with Gasteiger partial charge in [-0.1, -0.05) is 32.4 Å². The van der Waals surface area contributed by atoms with E-state index >= 15 is 0 Å². The van der Waals surface area contributed by atoms with E-state index in [1.807, 2.05) is 31.5 Å². The largest absolute Gasteiger partial charge is 0.462 e. The van der Waals surface area contributed by atoms with E-state index in [9.17, 15) is 4.79 Å². The monoisotopic (exact) mass is 298 g/mol. The molecule has 22 heavy (non-hydrogen) atoms. The lowest BCUT2D eigenvalue weighted by Crippen LogP contribution is -2.05. The maximum atomic E-state index is 11.7. The lowest BCUT2D eigenvalue weighted by Gasteiger charge is -2.05. The van der Waals surface area contributed by atoms with Crippen molar-refractivity contribution >= 4 is 5.97 Å². The number of aryl methyl sites for hydroxylation is 1. The van der Waals surface area contributed by atoms with Gasteiger partial charge in [0.1, 0.15) is 0 Å². The van der Waals surface area contributed by atoms with Crippen LogP contribution in [0.1, 0.15) is 49.0 Å². The van der Waals surface area contributed by atoms with E-state index in [0.29, 0.717) is 18.0 Å². The Morgan fingerprint density at radius 2 is 1.73 bits per heavy atom. The van der Waals surface area contributed by atoms with Gasteiger partial charge in [-0.15, -0.1) is 0 Å². The average Bonchev–Trinajstić information content (AvgIpc) is 2.58. The van der Waals surface area contributed by atoms with Crippen LogP contribution < -0.4 is 0 Å². The lowest BCUT2D eigenvalue weighted by atomic mass is 10.1. The highest BCUT2D eigenvalue weighted by Crippen LogP contribution is 2.16. The van der Waals surface area contributed by atoms with Crippen molar-refractivity contribution in [3.8, 4) is 11.4 Å². The molecule has 0 amide bonds. The summed E-state index contributed by atoms with van der Waals surface area (Å²) >= 11 is 0. The Balaban J connectivity index is 2.05. The minimum absolute atomic E-state index is 0.288. The molecule has 2 aromatic rings. The first-order chi connectivity index (χ1) is 10.7. The molecule has 0 saturated heterocycles. The van der Waals surface area contributed by atoms with Crippen molar-refractivity contribution in [2.75, 3.05) is 6.61 Å². The van der Waals surface area contributed by atoms with Gasteiger partial charge in [0.25, 0.3) is 0 Å². The van der Waals surface area contributed by atoms with E-state index in [0.717, 1.165) is 36.8 Å². The SMILES string of the molecule is CCCCc1cnc(-c2ccc(C(=O)OCCC)cc2)nc1. The van der Waals surface area contributed by atoms with Gasteiger partial charge in [0.05, 0.1) is 12.2 Å². The lowest BCUT2D eigenvalue weighted by molar-refractivity contribution is 0.0505. The van der Waals surface area contributed by atoms with Gasteiger partial charge >= 0.3 is 5.97 Å². The van der Waals surface area contributed by atoms with Crippen LogP contribution in [0.15, 0.2) is 36.7 Å². The summed E-state index contributed by atoms with van der Waals surface area (Å²) in [6, 6.07) is 7.20. The third-order valence-electron chi connectivity index (χ3n) is 3.34. The van der Waals surface area contributed by atoms with Gasteiger partial charge in [0, 0.05) is 18.0 Å². The van der Waals surface area contributed by atoms with Gasteiger partial charge in [-0.2, -0.15) is 0 Å². The maximum Gasteiger partial charge on any atom is 0.338 e. The fourth-order valence-electron chi connectivity index (χ4n) is 2.05. The van der Waals surface area contributed by atoms with Crippen LogP contribution in [-0.4, -0.2) is 22.5 Å². The van der Waals surface area contributed by atoms with E-state index in [-0.39, 0.29) is 5.97 Å². The van der Waals surface area contributed by atoms with Gasteiger partial charge in [-0.3, -0.25) is 0 Å². The number of rotatable bonds is 7. The molecule has 0 aliphatic carbocycles. The summed E-state index contributed by atoms with van der Waals surface area (Å²) < 4.78 is 5.11. The molecule has 0 unspecified atom stereocenters. The van der Waals surface area contributed by atoms with Gasteiger partial charge in [0.2, 0.25) is 0 Å². The minimum Gasteiger partial charge on any atom is -0.462 e. The second-order valence-electron chi connectivity index (χ2n) is 5.23. The van der Waals surface area contributed by atoms with E-state index < -0.39 is 0 Å². The number of hydrogen-bond donors (Lipinski definition) is 0. The molecule has 0 saturated carbocycles. The summed E-state index contributed by atoms with van der Waals surface area (Å²) in [5.41, 5.74) is 2.61. The van der Waals surface area contributed by atoms with Crippen LogP contribution in [0, 0.1) is 0 Å². The molecule has 1 aromatic carbocycles. The molecule has 0 radical (unpaired) electrons. The second kappa shape index (κ2) is 8.27. The normalized spacial score (nSPS) is 10.5. The number of esters is 1. The average molecular weight is 298 g/mol. The van der Waals surface area contributed by atoms with Crippen molar-refractivity contribution in [1.29, 1.82) is 0 Å². The standard InChI is InChI=1S/C18H22N2O2/c1-3-5-6-14-12-19-17(20-13-14)15-7-9-16(10-8-15)18(21)22-11-4-2/h7-10,12-13H,3-6,11H2,1-2H3. The molecule has 0 bridgehead atoms. The van der Waals surface area contributed by atoms with Crippen LogP contribution in [0.3, 0.4) is 0 Å². The first-order valence-electron chi connectivity index (χ1n) is 7.83. The van der Waals surface area contributed by atoms with Crippen molar-refractivity contribution < 1.29 is 9.53 Å². The summed E-state index contributed by atoms with van der Waals surface area (Å²) in [5.74, 6) is 0.387.